The van der Waals surface area contributed by atoms with Crippen molar-refractivity contribution in [3.8, 4) is 0 Å². The van der Waals surface area contributed by atoms with E-state index in [1.54, 1.807) is 33.7 Å². The molecular weight excluding hydrogens is 554 g/mol. The van der Waals surface area contributed by atoms with Gasteiger partial charge in [-0.15, -0.1) is 24.9 Å². The maximum Gasteiger partial charge on any atom is 0.310 e. The normalized spacial score (nSPS) is 31.0. The van der Waals surface area contributed by atoms with Crippen molar-refractivity contribution < 1.29 is 29.0 Å². The van der Waals surface area contributed by atoms with Crippen LogP contribution in [0.2, 0.25) is 0 Å². The largest absolute Gasteiger partial charge is 0.465 e. The maximum atomic E-state index is 14.8. The van der Waals surface area contributed by atoms with Crippen molar-refractivity contribution in [3.05, 3.63) is 61.2 Å². The Bertz CT molecular complexity index is 1160. The Morgan fingerprint density at radius 1 is 1.24 bits per heavy atom. The van der Waals surface area contributed by atoms with Crippen LogP contribution in [0, 0.1) is 17.8 Å². The van der Waals surface area contributed by atoms with Gasteiger partial charge in [-0.2, -0.15) is 0 Å². The summed E-state index contributed by atoms with van der Waals surface area (Å²) in [7, 11) is 0. The quantitative estimate of drug-likeness (QED) is 0.211. The molecule has 1 aromatic carbocycles. The topological polar surface area (TPSA) is 99.6 Å². The minimum atomic E-state index is -0.840. The van der Waals surface area contributed by atoms with Gasteiger partial charge in [0, 0.05) is 38.0 Å². The first kappa shape index (κ1) is 30.8. The molecule has 0 saturated carbocycles. The van der Waals surface area contributed by atoms with Gasteiger partial charge in [-0.1, -0.05) is 49.4 Å². The molecule has 4 fully saturated rings. The molecule has 228 valence electrons. The maximum absolute atomic E-state index is 14.8. The highest BCUT2D eigenvalue weighted by Gasteiger charge is 2.77. The highest BCUT2D eigenvalue weighted by Crippen LogP contribution is 2.69. The molecule has 4 heterocycles. The van der Waals surface area contributed by atoms with Gasteiger partial charge in [0.2, 0.25) is 11.8 Å². The molecule has 1 spiro atoms. The first-order chi connectivity index (χ1) is 20.4. The highest BCUT2D eigenvalue weighted by atomic mass is 32.2. The molecule has 42 heavy (non-hydrogen) atoms. The zero-order valence-corrected chi connectivity index (χ0v) is 25.3. The Balaban J connectivity index is 1.53. The van der Waals surface area contributed by atoms with Crippen LogP contribution in [0.15, 0.2) is 55.6 Å². The molecule has 0 radical (unpaired) electrons. The molecule has 1 N–H and O–H groups in total. The van der Waals surface area contributed by atoms with Crippen LogP contribution >= 0.6 is 11.8 Å². The van der Waals surface area contributed by atoms with Crippen molar-refractivity contribution in [3.63, 3.8) is 0 Å². The van der Waals surface area contributed by atoms with Gasteiger partial charge < -0.3 is 24.4 Å². The highest BCUT2D eigenvalue weighted by molar-refractivity contribution is 8.02. The Labute approximate surface area is 252 Å². The Hall–Kier alpha value is -2.66. The van der Waals surface area contributed by atoms with Gasteiger partial charge in [-0.25, -0.2) is 0 Å². The van der Waals surface area contributed by atoms with E-state index in [1.807, 2.05) is 30.3 Å². The molecule has 4 aliphatic rings. The number of thioether (sulfide) groups is 1. The van der Waals surface area contributed by atoms with Crippen LogP contribution in [-0.4, -0.2) is 113 Å². The lowest BCUT2D eigenvalue weighted by molar-refractivity contribution is -0.155. The van der Waals surface area contributed by atoms with Crippen molar-refractivity contribution >= 4 is 29.5 Å². The number of aliphatic hydroxyl groups is 1. The van der Waals surface area contributed by atoms with Gasteiger partial charge in [0.15, 0.2) is 0 Å². The second kappa shape index (κ2) is 13.3. The predicted molar refractivity (Wildman–Crippen MR) is 162 cm³/mol. The van der Waals surface area contributed by atoms with E-state index < -0.39 is 28.7 Å². The van der Waals surface area contributed by atoms with Crippen LogP contribution in [0.4, 0.5) is 0 Å². The molecule has 7 atom stereocenters. The fourth-order valence-electron chi connectivity index (χ4n) is 7.42. The average Bonchev–Trinajstić information content (AvgIpc) is 3.60. The molecule has 10 heteroatoms. The third-order valence-corrected chi connectivity index (χ3v) is 11.5. The van der Waals surface area contributed by atoms with Crippen LogP contribution in [0.1, 0.15) is 31.4 Å². The first-order valence-electron chi connectivity index (χ1n) is 15.0. The van der Waals surface area contributed by atoms with Gasteiger partial charge in [0.1, 0.15) is 6.04 Å². The molecule has 1 aromatic rings. The van der Waals surface area contributed by atoms with Crippen molar-refractivity contribution in [2.75, 3.05) is 59.2 Å². The van der Waals surface area contributed by atoms with Gasteiger partial charge in [-0.05, 0) is 24.3 Å². The number of hydrogen-bond donors (Lipinski definition) is 1. The summed E-state index contributed by atoms with van der Waals surface area (Å²) in [5.41, 5.74) is 0.753. The summed E-state index contributed by atoms with van der Waals surface area (Å²) in [5, 5.41) is 10.6. The minimum absolute atomic E-state index is 0.0116. The van der Waals surface area contributed by atoms with E-state index in [0.29, 0.717) is 39.3 Å². The lowest BCUT2D eigenvalue weighted by Gasteiger charge is -2.42. The zero-order chi connectivity index (χ0) is 29.9. The summed E-state index contributed by atoms with van der Waals surface area (Å²) < 4.78 is 10.3. The van der Waals surface area contributed by atoms with Crippen LogP contribution in [0.25, 0.3) is 0 Å². The summed E-state index contributed by atoms with van der Waals surface area (Å²) in [6.45, 7) is 14.0. The number of rotatable bonds is 13. The van der Waals surface area contributed by atoms with Crippen molar-refractivity contribution in [1.82, 2.24) is 14.7 Å². The number of ether oxygens (including phenoxy) is 2. The minimum Gasteiger partial charge on any atom is -0.465 e. The molecule has 2 bridgehead atoms. The molecule has 0 aliphatic carbocycles. The molecule has 9 nitrogen and oxygen atoms in total. The first-order valence-corrected chi connectivity index (χ1v) is 15.9. The van der Waals surface area contributed by atoms with Gasteiger partial charge in [-0.3, -0.25) is 19.3 Å². The molecule has 4 saturated heterocycles. The summed E-state index contributed by atoms with van der Waals surface area (Å²) >= 11 is 1.62. The SMILES string of the molecule is C=CCCOC(=O)[C@@H]1[C@H]2C(=O)N([C@H](CO)c3ccccc3)C(C(=O)N(CC=C)CCN3CCOCC3)C23S[C@@H]1CC3C. The number of carbonyl (C=O) groups is 3. The number of morpholine rings is 1. The molecule has 4 aliphatic heterocycles. The predicted octanol–water partition coefficient (Wildman–Crippen LogP) is 2.52. The number of likely N-dealkylation sites (tertiary alicyclic amines) is 1. The third-order valence-electron chi connectivity index (χ3n) is 9.40. The molecular formula is C32H43N3O6S. The van der Waals surface area contributed by atoms with Gasteiger partial charge in [0.05, 0.1) is 49.1 Å². The number of carbonyl (C=O) groups excluding carboxylic acids is 3. The molecule has 3 unspecified atom stereocenters. The summed E-state index contributed by atoms with van der Waals surface area (Å²) in [5.74, 6) is -2.13. The molecule has 0 aromatic heterocycles. The molecule has 5 rings (SSSR count). The van der Waals surface area contributed by atoms with E-state index in [4.69, 9.17) is 9.47 Å². The van der Waals surface area contributed by atoms with Crippen LogP contribution in [-0.2, 0) is 23.9 Å². The smallest absolute Gasteiger partial charge is 0.310 e. The van der Waals surface area contributed by atoms with E-state index in [2.05, 4.69) is 25.0 Å². The number of amides is 2. The van der Waals surface area contributed by atoms with E-state index in [-0.39, 0.29) is 42.2 Å². The van der Waals surface area contributed by atoms with E-state index in [0.717, 1.165) is 25.1 Å². The number of hydrogen-bond acceptors (Lipinski definition) is 8. The Morgan fingerprint density at radius 2 is 1.98 bits per heavy atom. The number of nitrogens with zero attached hydrogens (tertiary/aromatic N) is 3. The monoisotopic (exact) mass is 597 g/mol. The number of benzene rings is 1. The standard InChI is InChI=1S/C32H43N3O6S/c1-4-6-17-41-31(39)26-25-20-22(3)32(42-25)27(26)29(37)35(24(21-36)23-10-8-7-9-11-23)28(32)30(38)34(12-5-2)14-13-33-15-18-40-19-16-33/h4-5,7-11,22,24-28,36H,1-2,6,12-21H2,3H3/t22?,24-,25-,26+,27+,28?,32?/m1/s1. The third kappa shape index (κ3) is 5.42. The fourth-order valence-corrected chi connectivity index (χ4v) is 9.81. The lowest BCUT2D eigenvalue weighted by Crippen LogP contribution is -2.58. The van der Waals surface area contributed by atoms with Crippen molar-refractivity contribution in [2.24, 2.45) is 17.8 Å². The average molecular weight is 598 g/mol. The summed E-state index contributed by atoms with van der Waals surface area (Å²) in [6, 6.07) is 7.79. The number of esters is 1. The Kier molecular flexibility index (Phi) is 9.77. The number of fused-ring (bicyclic) bond motifs is 1. The van der Waals surface area contributed by atoms with E-state index in [9.17, 15) is 19.5 Å². The van der Waals surface area contributed by atoms with Crippen molar-refractivity contribution in [1.29, 1.82) is 0 Å². The van der Waals surface area contributed by atoms with Crippen LogP contribution < -0.4 is 0 Å². The molecule has 2 amide bonds. The van der Waals surface area contributed by atoms with E-state index in [1.165, 1.54) is 0 Å². The fraction of sp³-hybridized carbons (Fsp3) is 0.594. The van der Waals surface area contributed by atoms with Crippen LogP contribution in [0.5, 0.6) is 0 Å². The van der Waals surface area contributed by atoms with Gasteiger partial charge >= 0.3 is 5.97 Å². The lowest BCUT2D eigenvalue weighted by atomic mass is 9.66. The van der Waals surface area contributed by atoms with Crippen molar-refractivity contribution in [2.45, 2.75) is 41.8 Å². The zero-order valence-electron chi connectivity index (χ0n) is 24.4. The van der Waals surface area contributed by atoms with Crippen LogP contribution in [0.3, 0.4) is 0 Å². The summed E-state index contributed by atoms with van der Waals surface area (Å²) in [4.78, 5) is 48.6. The summed E-state index contributed by atoms with van der Waals surface area (Å²) in [6.07, 6.45) is 4.67. The Morgan fingerprint density at radius 3 is 2.64 bits per heavy atom. The second-order valence-electron chi connectivity index (χ2n) is 11.7. The van der Waals surface area contributed by atoms with E-state index >= 15 is 0 Å². The second-order valence-corrected chi connectivity index (χ2v) is 13.2. The van der Waals surface area contributed by atoms with Gasteiger partial charge in [0.25, 0.3) is 0 Å². The number of aliphatic hydroxyl groups excluding tert-OH is 1.